The van der Waals surface area contributed by atoms with Gasteiger partial charge in [-0.15, -0.1) is 0 Å². The van der Waals surface area contributed by atoms with Crippen molar-refractivity contribution in [2.24, 2.45) is 5.41 Å². The summed E-state index contributed by atoms with van der Waals surface area (Å²) in [6.07, 6.45) is 0. The van der Waals surface area contributed by atoms with Gasteiger partial charge < -0.3 is 10.2 Å². The molecule has 0 bridgehead atoms. The lowest BCUT2D eigenvalue weighted by atomic mass is 10.0. The average Bonchev–Trinajstić information content (AvgIpc) is 3.11. The number of rotatable bonds is 5. The van der Waals surface area contributed by atoms with E-state index in [-0.39, 0.29) is 5.75 Å². The zero-order valence-corrected chi connectivity index (χ0v) is 11.6. The minimum atomic E-state index is -3.63. The van der Waals surface area contributed by atoms with Gasteiger partial charge in [-0.05, 0) is 17.7 Å². The predicted octanol–water partition coefficient (Wildman–Crippen LogP) is 0.790. The Morgan fingerprint density at radius 2 is 1.90 bits per heavy atom. The van der Waals surface area contributed by atoms with Crippen molar-refractivity contribution in [3.8, 4) is 0 Å². The molecule has 20 heavy (non-hydrogen) atoms. The summed E-state index contributed by atoms with van der Waals surface area (Å²) >= 11 is 0. The number of benzene rings is 1. The van der Waals surface area contributed by atoms with Crippen LogP contribution in [-0.2, 0) is 14.6 Å². The van der Waals surface area contributed by atoms with Crippen molar-refractivity contribution >= 4 is 15.8 Å². The third-order valence-corrected chi connectivity index (χ3v) is 6.21. The van der Waals surface area contributed by atoms with Gasteiger partial charge in [-0.25, -0.2) is 12.8 Å². The molecule has 1 aliphatic rings. The van der Waals surface area contributed by atoms with Crippen molar-refractivity contribution in [2.75, 3.05) is 12.4 Å². The largest absolute Gasteiger partial charge is 0.481 e. The van der Waals surface area contributed by atoms with Gasteiger partial charge in [0, 0.05) is 11.7 Å². The second-order valence-electron chi connectivity index (χ2n) is 4.90. The minimum Gasteiger partial charge on any atom is -0.481 e. The summed E-state index contributed by atoms with van der Waals surface area (Å²) in [6.45, 7) is 0.660. The maximum Gasteiger partial charge on any atom is 0.314 e. The molecule has 1 fully saturated rings. The predicted molar refractivity (Wildman–Crippen MR) is 69.5 cm³/mol. The molecule has 7 heteroatoms. The quantitative estimate of drug-likeness (QED) is 0.839. The highest BCUT2D eigenvalue weighted by atomic mass is 32.2. The van der Waals surface area contributed by atoms with Crippen LogP contribution in [-0.4, -0.2) is 42.2 Å². The number of carbonyl (C=O) groups is 1. The van der Waals surface area contributed by atoms with Crippen molar-refractivity contribution in [1.29, 1.82) is 0 Å². The fourth-order valence-electron chi connectivity index (χ4n) is 2.77. The summed E-state index contributed by atoms with van der Waals surface area (Å²) < 4.78 is 37.0. The molecule has 3 atom stereocenters. The first-order valence-corrected chi connectivity index (χ1v) is 7.84. The fraction of sp³-hybridized carbons (Fsp3) is 0.462. The van der Waals surface area contributed by atoms with E-state index < -0.39 is 44.8 Å². The van der Waals surface area contributed by atoms with E-state index in [4.69, 9.17) is 0 Å². The number of aliphatic carboxylic acids is 1. The molecule has 0 saturated heterocycles. The summed E-state index contributed by atoms with van der Waals surface area (Å²) in [4.78, 5) is 11.4. The first-order chi connectivity index (χ1) is 9.31. The molecule has 5 nitrogen and oxygen atoms in total. The van der Waals surface area contributed by atoms with E-state index in [9.17, 15) is 27.8 Å². The van der Waals surface area contributed by atoms with Crippen LogP contribution in [0.5, 0.6) is 0 Å². The molecule has 110 valence electrons. The number of hydrogen-bond acceptors (Lipinski definition) is 4. The highest BCUT2D eigenvalue weighted by Crippen LogP contribution is 2.63. The molecule has 0 spiro atoms. The van der Waals surface area contributed by atoms with Gasteiger partial charge >= 0.3 is 5.97 Å². The van der Waals surface area contributed by atoms with Crippen LogP contribution in [0.25, 0.3) is 0 Å². The zero-order chi connectivity index (χ0) is 15.1. The average molecular weight is 302 g/mol. The molecule has 0 radical (unpaired) electrons. The summed E-state index contributed by atoms with van der Waals surface area (Å²) in [5.74, 6) is -2.90. The lowest BCUT2D eigenvalue weighted by Crippen LogP contribution is -2.28. The lowest BCUT2D eigenvalue weighted by molar-refractivity contribution is -0.145. The Hall–Kier alpha value is -1.47. The summed E-state index contributed by atoms with van der Waals surface area (Å²) in [7, 11) is -3.63. The third kappa shape index (κ3) is 2.01. The maximum absolute atomic E-state index is 12.9. The summed E-state index contributed by atoms with van der Waals surface area (Å²) in [6, 6.07) is 5.01. The smallest absolute Gasteiger partial charge is 0.314 e. The van der Waals surface area contributed by atoms with Crippen molar-refractivity contribution in [1.82, 2.24) is 0 Å². The molecule has 0 heterocycles. The SMILES string of the molecule is CCS(=O)(=O)C1C(c2ccc(F)cc2)C1(CO)C(=O)O. The van der Waals surface area contributed by atoms with Gasteiger partial charge in [0.15, 0.2) is 9.84 Å². The van der Waals surface area contributed by atoms with Crippen molar-refractivity contribution in [2.45, 2.75) is 18.1 Å². The van der Waals surface area contributed by atoms with E-state index in [0.29, 0.717) is 5.56 Å². The van der Waals surface area contributed by atoms with E-state index in [0.717, 1.165) is 12.1 Å². The zero-order valence-electron chi connectivity index (χ0n) is 10.8. The molecule has 1 saturated carbocycles. The summed E-state index contributed by atoms with van der Waals surface area (Å²) in [5, 5.41) is 17.6. The molecule has 1 aliphatic carbocycles. The molecule has 1 aromatic rings. The number of aliphatic hydroxyl groups is 1. The van der Waals surface area contributed by atoms with Gasteiger partial charge in [-0.1, -0.05) is 19.1 Å². The van der Waals surface area contributed by atoms with Crippen LogP contribution >= 0.6 is 0 Å². The number of sulfone groups is 1. The van der Waals surface area contributed by atoms with E-state index in [1.165, 1.54) is 19.1 Å². The Morgan fingerprint density at radius 3 is 2.30 bits per heavy atom. The van der Waals surface area contributed by atoms with Crippen LogP contribution in [0.15, 0.2) is 24.3 Å². The van der Waals surface area contributed by atoms with Crippen LogP contribution < -0.4 is 0 Å². The second-order valence-corrected chi connectivity index (χ2v) is 7.32. The van der Waals surface area contributed by atoms with Crippen molar-refractivity contribution in [3.05, 3.63) is 35.6 Å². The highest BCUT2D eigenvalue weighted by Gasteiger charge is 2.75. The Bertz CT molecular complexity index is 625. The van der Waals surface area contributed by atoms with E-state index in [1.807, 2.05) is 0 Å². The van der Waals surface area contributed by atoms with Crippen molar-refractivity contribution in [3.63, 3.8) is 0 Å². The Balaban J connectivity index is 2.50. The standard InChI is InChI=1S/C13H15FO5S/c1-2-20(18,19)11-10(13(11,7-15)12(16)17)8-3-5-9(14)6-4-8/h3-6,10-11,15H,2,7H2,1H3,(H,16,17). The first-order valence-electron chi connectivity index (χ1n) is 6.12. The Labute approximate surface area is 116 Å². The maximum atomic E-state index is 12.9. The number of carboxylic acids is 1. The monoisotopic (exact) mass is 302 g/mol. The van der Waals surface area contributed by atoms with Crippen LogP contribution in [0, 0.1) is 11.2 Å². The van der Waals surface area contributed by atoms with Gasteiger partial charge in [0.1, 0.15) is 11.2 Å². The second kappa shape index (κ2) is 4.82. The number of aliphatic hydroxyl groups excluding tert-OH is 1. The Morgan fingerprint density at radius 1 is 1.35 bits per heavy atom. The molecule has 2 rings (SSSR count). The number of halogens is 1. The van der Waals surface area contributed by atoms with E-state index in [2.05, 4.69) is 0 Å². The van der Waals surface area contributed by atoms with Gasteiger partial charge in [0.25, 0.3) is 0 Å². The van der Waals surface area contributed by atoms with Gasteiger partial charge in [-0.2, -0.15) is 0 Å². The van der Waals surface area contributed by atoms with Crippen LogP contribution in [0.1, 0.15) is 18.4 Å². The molecule has 0 aromatic heterocycles. The van der Waals surface area contributed by atoms with Gasteiger partial charge in [0.05, 0.1) is 11.9 Å². The van der Waals surface area contributed by atoms with Crippen LogP contribution in [0.2, 0.25) is 0 Å². The van der Waals surface area contributed by atoms with Crippen LogP contribution in [0.4, 0.5) is 4.39 Å². The third-order valence-electron chi connectivity index (χ3n) is 3.93. The van der Waals surface area contributed by atoms with Gasteiger partial charge in [-0.3, -0.25) is 4.79 Å². The lowest BCUT2D eigenvalue weighted by Gasteiger charge is -2.08. The molecule has 0 aliphatic heterocycles. The molecular formula is C13H15FO5S. The highest BCUT2D eigenvalue weighted by molar-refractivity contribution is 7.92. The molecule has 3 unspecified atom stereocenters. The molecular weight excluding hydrogens is 287 g/mol. The topological polar surface area (TPSA) is 91.7 Å². The first kappa shape index (κ1) is 14.9. The molecule has 0 amide bonds. The van der Waals surface area contributed by atoms with Crippen molar-refractivity contribution < 1.29 is 27.8 Å². The van der Waals surface area contributed by atoms with E-state index in [1.54, 1.807) is 0 Å². The number of hydrogen-bond donors (Lipinski definition) is 2. The minimum absolute atomic E-state index is 0.204. The molecule has 2 N–H and O–H groups in total. The number of carboxylic acid groups (broad SMARTS) is 1. The Kier molecular flexibility index (Phi) is 3.60. The normalized spacial score (nSPS) is 29.1. The van der Waals surface area contributed by atoms with Crippen LogP contribution in [0.3, 0.4) is 0 Å². The van der Waals surface area contributed by atoms with E-state index >= 15 is 0 Å². The molecule has 1 aromatic carbocycles. The fourth-order valence-corrected chi connectivity index (χ4v) is 4.82. The summed E-state index contributed by atoms with van der Waals surface area (Å²) in [5.41, 5.74) is -1.32. The van der Waals surface area contributed by atoms with Gasteiger partial charge in [0.2, 0.25) is 0 Å².